The topological polar surface area (TPSA) is 82.5 Å². The Morgan fingerprint density at radius 1 is 1.57 bits per heavy atom. The van der Waals surface area contributed by atoms with Crippen molar-refractivity contribution < 1.29 is 14.7 Å². The van der Waals surface area contributed by atoms with Crippen molar-refractivity contribution in [3.05, 3.63) is 16.1 Å². The van der Waals surface area contributed by atoms with Crippen molar-refractivity contribution in [3.8, 4) is 0 Å². The maximum atomic E-state index is 12.0. The summed E-state index contributed by atoms with van der Waals surface area (Å²) in [7, 11) is 0. The number of hydrogen-bond donors (Lipinski definition) is 2. The van der Waals surface area contributed by atoms with Crippen LogP contribution in [0.4, 0.5) is 4.79 Å². The number of nitrogens with zero attached hydrogens (tertiary/aromatic N) is 2. The SMILES string of the molecule is CCc1nc(CCNC(=O)N2CCC(C)(C(=O)O)C2)cs1. The Hall–Kier alpha value is -1.63. The highest BCUT2D eigenvalue weighted by molar-refractivity contribution is 7.09. The van der Waals surface area contributed by atoms with Crippen LogP contribution in [0.3, 0.4) is 0 Å². The number of nitrogens with one attached hydrogen (secondary N) is 1. The van der Waals surface area contributed by atoms with Crippen molar-refractivity contribution in [1.29, 1.82) is 0 Å². The molecule has 0 bridgehead atoms. The van der Waals surface area contributed by atoms with Crippen LogP contribution in [0.2, 0.25) is 0 Å². The Morgan fingerprint density at radius 3 is 2.90 bits per heavy atom. The van der Waals surface area contributed by atoms with Crippen LogP contribution >= 0.6 is 11.3 Å². The zero-order valence-electron chi connectivity index (χ0n) is 12.4. The van der Waals surface area contributed by atoms with Gasteiger partial charge in [0.05, 0.1) is 16.1 Å². The fourth-order valence-electron chi connectivity index (χ4n) is 2.34. The van der Waals surface area contributed by atoms with Crippen LogP contribution < -0.4 is 5.32 Å². The summed E-state index contributed by atoms with van der Waals surface area (Å²) in [5, 5.41) is 15.1. The molecule has 7 heteroatoms. The minimum atomic E-state index is -0.840. The first-order chi connectivity index (χ1) is 9.94. The van der Waals surface area contributed by atoms with Gasteiger partial charge in [-0.05, 0) is 19.8 Å². The smallest absolute Gasteiger partial charge is 0.317 e. The first-order valence-electron chi connectivity index (χ1n) is 7.14. The van der Waals surface area contributed by atoms with Gasteiger partial charge in [0, 0.05) is 31.4 Å². The number of urea groups is 1. The molecule has 1 aliphatic heterocycles. The maximum Gasteiger partial charge on any atom is 0.317 e. The molecule has 1 aliphatic rings. The Labute approximate surface area is 128 Å². The molecule has 1 atom stereocenters. The molecule has 116 valence electrons. The monoisotopic (exact) mass is 311 g/mol. The van der Waals surface area contributed by atoms with Crippen LogP contribution in [-0.4, -0.2) is 46.6 Å². The zero-order valence-corrected chi connectivity index (χ0v) is 13.2. The molecule has 0 spiro atoms. The van der Waals surface area contributed by atoms with E-state index in [1.54, 1.807) is 23.2 Å². The van der Waals surface area contributed by atoms with Gasteiger partial charge in [-0.3, -0.25) is 4.79 Å². The minimum absolute atomic E-state index is 0.189. The Balaban J connectivity index is 1.76. The third-order valence-corrected chi connectivity index (χ3v) is 4.88. The molecule has 2 heterocycles. The number of amides is 2. The molecule has 2 rings (SSSR count). The number of carbonyl (C=O) groups excluding carboxylic acids is 1. The summed E-state index contributed by atoms with van der Waals surface area (Å²) in [4.78, 5) is 29.2. The van der Waals surface area contributed by atoms with Crippen LogP contribution in [0.25, 0.3) is 0 Å². The third-order valence-electron chi connectivity index (χ3n) is 3.84. The molecule has 1 fully saturated rings. The predicted molar refractivity (Wildman–Crippen MR) is 80.5 cm³/mol. The molecule has 1 unspecified atom stereocenters. The van der Waals surface area contributed by atoms with Crippen molar-refractivity contribution in [2.45, 2.75) is 33.1 Å². The van der Waals surface area contributed by atoms with Crippen molar-refractivity contribution in [3.63, 3.8) is 0 Å². The van der Waals surface area contributed by atoms with E-state index in [0.29, 0.717) is 25.9 Å². The Morgan fingerprint density at radius 2 is 2.33 bits per heavy atom. The van der Waals surface area contributed by atoms with Gasteiger partial charge in [-0.1, -0.05) is 6.92 Å². The van der Waals surface area contributed by atoms with Gasteiger partial charge in [0.25, 0.3) is 0 Å². The summed E-state index contributed by atoms with van der Waals surface area (Å²) in [6.07, 6.45) is 2.13. The van der Waals surface area contributed by atoms with E-state index in [9.17, 15) is 9.59 Å². The number of carbonyl (C=O) groups is 2. The highest BCUT2D eigenvalue weighted by atomic mass is 32.1. The van der Waals surface area contributed by atoms with E-state index < -0.39 is 11.4 Å². The van der Waals surface area contributed by atoms with E-state index >= 15 is 0 Å². The largest absolute Gasteiger partial charge is 0.481 e. The lowest BCUT2D eigenvalue weighted by Gasteiger charge is -2.20. The van der Waals surface area contributed by atoms with Gasteiger partial charge >= 0.3 is 12.0 Å². The molecular formula is C14H21N3O3S. The molecule has 2 N–H and O–H groups in total. The predicted octanol–water partition coefficient (Wildman–Crippen LogP) is 1.75. The first-order valence-corrected chi connectivity index (χ1v) is 8.02. The van der Waals surface area contributed by atoms with Gasteiger partial charge in [0.1, 0.15) is 0 Å². The number of aromatic nitrogens is 1. The van der Waals surface area contributed by atoms with E-state index in [-0.39, 0.29) is 12.6 Å². The fourth-order valence-corrected chi connectivity index (χ4v) is 3.12. The third kappa shape index (κ3) is 3.72. The van der Waals surface area contributed by atoms with Gasteiger partial charge in [-0.25, -0.2) is 9.78 Å². The lowest BCUT2D eigenvalue weighted by molar-refractivity contribution is -0.146. The second kappa shape index (κ2) is 6.43. The normalized spacial score (nSPS) is 21.5. The van der Waals surface area contributed by atoms with Gasteiger partial charge in [0.2, 0.25) is 0 Å². The number of carboxylic acids is 1. The number of thiazole rings is 1. The fraction of sp³-hybridized carbons (Fsp3) is 0.643. The highest BCUT2D eigenvalue weighted by Gasteiger charge is 2.42. The number of hydrogen-bond acceptors (Lipinski definition) is 4. The molecule has 1 aromatic rings. The standard InChI is InChI=1S/C14H21N3O3S/c1-3-11-16-10(8-21-11)4-6-15-13(20)17-7-5-14(2,9-17)12(18)19/h8H,3-7,9H2,1-2H3,(H,15,20)(H,18,19). The molecule has 2 amide bonds. The first kappa shape index (κ1) is 15.8. The summed E-state index contributed by atoms with van der Waals surface area (Å²) < 4.78 is 0. The second-order valence-corrected chi connectivity index (χ2v) is 6.55. The van der Waals surface area contributed by atoms with Gasteiger partial charge in [0.15, 0.2) is 0 Å². The number of carboxylic acid groups (broad SMARTS) is 1. The molecule has 21 heavy (non-hydrogen) atoms. The van der Waals surface area contributed by atoms with E-state index in [4.69, 9.17) is 5.11 Å². The molecular weight excluding hydrogens is 290 g/mol. The number of aliphatic carboxylic acids is 1. The van der Waals surface area contributed by atoms with E-state index in [1.165, 1.54) is 0 Å². The van der Waals surface area contributed by atoms with Gasteiger partial charge in [-0.15, -0.1) is 11.3 Å². The Kier molecular flexibility index (Phi) is 4.82. The van der Waals surface area contributed by atoms with Crippen LogP contribution in [0.1, 0.15) is 31.0 Å². The summed E-state index contributed by atoms with van der Waals surface area (Å²) in [6.45, 7) is 5.03. The zero-order chi connectivity index (χ0) is 15.5. The second-order valence-electron chi connectivity index (χ2n) is 5.61. The molecule has 0 saturated carbocycles. The average molecular weight is 311 g/mol. The van der Waals surface area contributed by atoms with Crippen LogP contribution in [0, 0.1) is 5.41 Å². The summed E-state index contributed by atoms with van der Waals surface area (Å²) in [5.74, 6) is -0.840. The van der Waals surface area contributed by atoms with Crippen LogP contribution in [0.5, 0.6) is 0 Å². The maximum absolute atomic E-state index is 12.0. The van der Waals surface area contributed by atoms with Crippen molar-refractivity contribution >= 4 is 23.3 Å². The van der Waals surface area contributed by atoms with Gasteiger partial charge in [-0.2, -0.15) is 0 Å². The molecule has 1 aromatic heterocycles. The molecule has 1 saturated heterocycles. The molecule has 6 nitrogen and oxygen atoms in total. The molecule has 0 aliphatic carbocycles. The van der Waals surface area contributed by atoms with Gasteiger partial charge < -0.3 is 15.3 Å². The van der Waals surface area contributed by atoms with Crippen LogP contribution in [-0.2, 0) is 17.6 Å². The van der Waals surface area contributed by atoms with Crippen molar-refractivity contribution in [2.24, 2.45) is 5.41 Å². The summed E-state index contributed by atoms with van der Waals surface area (Å²) in [6, 6.07) is -0.189. The van der Waals surface area contributed by atoms with Crippen LogP contribution in [0.15, 0.2) is 5.38 Å². The Bertz CT molecular complexity index is 531. The number of rotatable bonds is 5. The lowest BCUT2D eigenvalue weighted by Crippen LogP contribution is -2.41. The molecule has 0 radical (unpaired) electrons. The highest BCUT2D eigenvalue weighted by Crippen LogP contribution is 2.29. The minimum Gasteiger partial charge on any atom is -0.481 e. The quantitative estimate of drug-likeness (QED) is 0.868. The summed E-state index contributed by atoms with van der Waals surface area (Å²) >= 11 is 1.64. The summed E-state index contributed by atoms with van der Waals surface area (Å²) in [5.41, 5.74) is 0.177. The van der Waals surface area contributed by atoms with Crippen molar-refractivity contribution in [2.75, 3.05) is 19.6 Å². The van der Waals surface area contributed by atoms with E-state index in [0.717, 1.165) is 17.1 Å². The van der Waals surface area contributed by atoms with E-state index in [2.05, 4.69) is 17.2 Å². The average Bonchev–Trinajstić information content (AvgIpc) is 3.06. The number of aryl methyl sites for hydroxylation is 1. The van der Waals surface area contributed by atoms with E-state index in [1.807, 2.05) is 5.38 Å². The number of likely N-dealkylation sites (tertiary alicyclic amines) is 1. The molecule has 0 aromatic carbocycles. The lowest BCUT2D eigenvalue weighted by atomic mass is 9.90. The van der Waals surface area contributed by atoms with Crippen molar-refractivity contribution in [1.82, 2.24) is 15.2 Å².